The number of carbonyl (C=O) groups is 1. The highest BCUT2D eigenvalue weighted by molar-refractivity contribution is 5.67. The molecule has 0 heterocycles. The Hall–Kier alpha value is -3.47. The Morgan fingerprint density at radius 2 is 1.46 bits per heavy atom. The minimum Gasteiger partial charge on any atom is -0.504 e. The third-order valence-corrected chi connectivity index (χ3v) is 4.16. The van der Waals surface area contributed by atoms with Crippen molar-refractivity contribution in [2.75, 3.05) is 6.54 Å². The third-order valence-electron chi connectivity index (χ3n) is 4.16. The molecule has 3 aromatic carbocycles. The fourth-order valence-electron chi connectivity index (χ4n) is 2.65. The molecule has 3 rings (SSSR count). The SMILES string of the molecule is O=C(NCCc1ccc(O)c(OCc2ccccc2)c1)OCc1ccccc1. The zero-order valence-corrected chi connectivity index (χ0v) is 15.5. The average Bonchev–Trinajstić information content (AvgIpc) is 2.74. The normalized spacial score (nSPS) is 10.3. The van der Waals surface area contributed by atoms with E-state index in [9.17, 15) is 9.90 Å². The van der Waals surface area contributed by atoms with Crippen molar-refractivity contribution in [3.8, 4) is 11.5 Å². The van der Waals surface area contributed by atoms with Crippen LogP contribution in [0, 0.1) is 0 Å². The van der Waals surface area contributed by atoms with E-state index in [4.69, 9.17) is 9.47 Å². The lowest BCUT2D eigenvalue weighted by Crippen LogP contribution is -2.26. The van der Waals surface area contributed by atoms with Crippen LogP contribution in [0.25, 0.3) is 0 Å². The van der Waals surface area contributed by atoms with Crippen LogP contribution >= 0.6 is 0 Å². The van der Waals surface area contributed by atoms with Gasteiger partial charge in [0.2, 0.25) is 0 Å². The summed E-state index contributed by atoms with van der Waals surface area (Å²) in [6.07, 6.45) is 0.144. The summed E-state index contributed by atoms with van der Waals surface area (Å²) >= 11 is 0. The van der Waals surface area contributed by atoms with Crippen molar-refractivity contribution in [3.05, 3.63) is 95.6 Å². The number of amides is 1. The summed E-state index contributed by atoms with van der Waals surface area (Å²) in [4.78, 5) is 11.8. The number of ether oxygens (including phenoxy) is 2. The Balaban J connectivity index is 1.44. The fraction of sp³-hybridized carbons (Fsp3) is 0.174. The van der Waals surface area contributed by atoms with Crippen molar-refractivity contribution in [3.63, 3.8) is 0 Å². The summed E-state index contributed by atoms with van der Waals surface area (Å²) in [5, 5.41) is 12.7. The summed E-state index contributed by atoms with van der Waals surface area (Å²) < 4.78 is 10.9. The van der Waals surface area contributed by atoms with Crippen molar-refractivity contribution in [1.29, 1.82) is 0 Å². The summed E-state index contributed by atoms with van der Waals surface area (Å²) in [5.41, 5.74) is 2.91. The molecule has 28 heavy (non-hydrogen) atoms. The monoisotopic (exact) mass is 377 g/mol. The molecule has 144 valence electrons. The minimum absolute atomic E-state index is 0.0925. The predicted molar refractivity (Wildman–Crippen MR) is 107 cm³/mol. The van der Waals surface area contributed by atoms with Crippen LogP contribution in [-0.4, -0.2) is 17.7 Å². The van der Waals surface area contributed by atoms with Gasteiger partial charge in [-0.1, -0.05) is 66.7 Å². The van der Waals surface area contributed by atoms with E-state index in [-0.39, 0.29) is 12.4 Å². The molecule has 5 nitrogen and oxygen atoms in total. The number of carbonyl (C=O) groups excluding carboxylic acids is 1. The van der Waals surface area contributed by atoms with Crippen molar-refractivity contribution in [2.24, 2.45) is 0 Å². The highest BCUT2D eigenvalue weighted by atomic mass is 16.5. The molecule has 0 spiro atoms. The molecule has 0 radical (unpaired) electrons. The first-order valence-corrected chi connectivity index (χ1v) is 9.14. The van der Waals surface area contributed by atoms with Crippen LogP contribution in [0.5, 0.6) is 11.5 Å². The number of hydrogen-bond acceptors (Lipinski definition) is 4. The number of rotatable bonds is 8. The van der Waals surface area contributed by atoms with Gasteiger partial charge in [-0.25, -0.2) is 4.79 Å². The molecule has 0 aliphatic rings. The summed E-state index contributed by atoms with van der Waals surface area (Å²) in [6.45, 7) is 1.04. The quantitative estimate of drug-likeness (QED) is 0.609. The van der Waals surface area contributed by atoms with E-state index in [1.54, 1.807) is 12.1 Å². The Kier molecular flexibility index (Phi) is 6.90. The van der Waals surface area contributed by atoms with Crippen molar-refractivity contribution in [1.82, 2.24) is 5.32 Å². The Morgan fingerprint density at radius 1 is 0.821 bits per heavy atom. The maximum absolute atomic E-state index is 11.8. The van der Waals surface area contributed by atoms with Crippen LogP contribution in [0.4, 0.5) is 4.79 Å². The number of phenolic OH excluding ortho intramolecular Hbond substituents is 1. The number of aromatic hydroxyl groups is 1. The molecule has 0 unspecified atom stereocenters. The molecule has 0 saturated carbocycles. The molecule has 0 aliphatic heterocycles. The second-order valence-corrected chi connectivity index (χ2v) is 6.31. The van der Waals surface area contributed by atoms with E-state index in [1.807, 2.05) is 66.7 Å². The van der Waals surface area contributed by atoms with Gasteiger partial charge in [0.1, 0.15) is 13.2 Å². The third kappa shape index (κ3) is 6.06. The van der Waals surface area contributed by atoms with Gasteiger partial charge in [-0.3, -0.25) is 0 Å². The van der Waals surface area contributed by atoms with Crippen LogP contribution in [-0.2, 0) is 24.4 Å². The van der Waals surface area contributed by atoms with Crippen LogP contribution in [0.1, 0.15) is 16.7 Å². The fourth-order valence-corrected chi connectivity index (χ4v) is 2.65. The molecule has 0 aliphatic carbocycles. The molecule has 0 bridgehead atoms. The van der Waals surface area contributed by atoms with Gasteiger partial charge in [-0.2, -0.15) is 0 Å². The summed E-state index contributed by atoms with van der Waals surface area (Å²) in [6, 6.07) is 24.5. The van der Waals surface area contributed by atoms with E-state index < -0.39 is 6.09 Å². The van der Waals surface area contributed by atoms with Gasteiger partial charge < -0.3 is 19.9 Å². The number of alkyl carbamates (subject to hydrolysis) is 1. The van der Waals surface area contributed by atoms with Gasteiger partial charge in [0.05, 0.1) is 0 Å². The molecule has 5 heteroatoms. The molecule has 1 amide bonds. The first-order valence-electron chi connectivity index (χ1n) is 9.14. The average molecular weight is 377 g/mol. The van der Waals surface area contributed by atoms with Gasteiger partial charge in [0.15, 0.2) is 11.5 Å². The Morgan fingerprint density at radius 3 is 2.14 bits per heavy atom. The molecule has 0 aromatic heterocycles. The predicted octanol–water partition coefficient (Wildman–Crippen LogP) is 4.44. The van der Waals surface area contributed by atoms with Gasteiger partial charge in [0.25, 0.3) is 0 Å². The van der Waals surface area contributed by atoms with Crippen molar-refractivity contribution in [2.45, 2.75) is 19.6 Å². The van der Waals surface area contributed by atoms with Crippen molar-refractivity contribution >= 4 is 6.09 Å². The zero-order chi connectivity index (χ0) is 19.6. The van der Waals surface area contributed by atoms with E-state index in [2.05, 4.69) is 5.32 Å². The molecule has 0 saturated heterocycles. The molecular formula is C23H23NO4. The lowest BCUT2D eigenvalue weighted by atomic mass is 10.1. The second kappa shape index (κ2) is 10.0. The number of phenols is 1. The summed E-state index contributed by atoms with van der Waals surface area (Å²) in [5.74, 6) is 0.517. The lowest BCUT2D eigenvalue weighted by Gasteiger charge is -2.11. The van der Waals surface area contributed by atoms with E-state index in [0.717, 1.165) is 16.7 Å². The first kappa shape index (κ1) is 19.3. The number of benzene rings is 3. The van der Waals surface area contributed by atoms with Gasteiger partial charge in [-0.05, 0) is 35.2 Å². The van der Waals surface area contributed by atoms with Crippen LogP contribution in [0.2, 0.25) is 0 Å². The Labute approximate surface area is 164 Å². The highest BCUT2D eigenvalue weighted by Gasteiger charge is 2.06. The van der Waals surface area contributed by atoms with Crippen LogP contribution in [0.15, 0.2) is 78.9 Å². The van der Waals surface area contributed by atoms with Gasteiger partial charge in [-0.15, -0.1) is 0 Å². The molecule has 0 fully saturated rings. The topological polar surface area (TPSA) is 67.8 Å². The van der Waals surface area contributed by atoms with E-state index in [1.165, 1.54) is 0 Å². The van der Waals surface area contributed by atoms with Crippen molar-refractivity contribution < 1.29 is 19.4 Å². The first-order chi connectivity index (χ1) is 13.7. The minimum atomic E-state index is -0.455. The standard InChI is InChI=1S/C23H23NO4/c25-21-12-11-18(15-22(21)27-16-19-7-3-1-4-8-19)13-14-24-23(26)28-17-20-9-5-2-6-10-20/h1-12,15,25H,13-14,16-17H2,(H,24,26). The zero-order valence-electron chi connectivity index (χ0n) is 15.5. The molecule has 0 atom stereocenters. The molecule has 2 N–H and O–H groups in total. The molecular weight excluding hydrogens is 354 g/mol. The van der Waals surface area contributed by atoms with Crippen LogP contribution in [0.3, 0.4) is 0 Å². The van der Waals surface area contributed by atoms with Crippen LogP contribution < -0.4 is 10.1 Å². The smallest absolute Gasteiger partial charge is 0.407 e. The largest absolute Gasteiger partial charge is 0.504 e. The number of hydrogen-bond donors (Lipinski definition) is 2. The number of nitrogens with one attached hydrogen (secondary N) is 1. The van der Waals surface area contributed by atoms with E-state index >= 15 is 0 Å². The second-order valence-electron chi connectivity index (χ2n) is 6.31. The maximum atomic E-state index is 11.8. The van der Waals surface area contributed by atoms with Gasteiger partial charge >= 0.3 is 6.09 Å². The van der Waals surface area contributed by atoms with Gasteiger partial charge in [0, 0.05) is 6.54 Å². The van der Waals surface area contributed by atoms with E-state index in [0.29, 0.717) is 25.3 Å². The highest BCUT2D eigenvalue weighted by Crippen LogP contribution is 2.27. The maximum Gasteiger partial charge on any atom is 0.407 e. The lowest BCUT2D eigenvalue weighted by molar-refractivity contribution is 0.140. The Bertz CT molecular complexity index is 882. The molecule has 3 aromatic rings. The summed E-state index contributed by atoms with van der Waals surface area (Å²) in [7, 11) is 0.